The zero-order valence-electron chi connectivity index (χ0n) is 9.59. The molecule has 15 heavy (non-hydrogen) atoms. The number of nitrogens with two attached hydrogens (primary N) is 1. The van der Waals surface area contributed by atoms with Gasteiger partial charge in [-0.2, -0.15) is 0 Å². The van der Waals surface area contributed by atoms with Crippen LogP contribution in [-0.4, -0.2) is 31.6 Å². The molecule has 2 unspecified atom stereocenters. The van der Waals surface area contributed by atoms with Gasteiger partial charge in [-0.25, -0.2) is 0 Å². The summed E-state index contributed by atoms with van der Waals surface area (Å²) >= 11 is 0. The number of unbranched alkanes of at least 4 members (excludes halogenated alkanes) is 1. The van der Waals surface area contributed by atoms with Gasteiger partial charge in [-0.15, -0.1) is 0 Å². The van der Waals surface area contributed by atoms with Crippen LogP contribution >= 0.6 is 0 Å². The standard InChI is InChI=1S/C11H23N3O/c1-9-4-7-13-10(8-9)11(15)14-6-3-2-5-12/h9-10,13H,2-8,12H2,1H3,(H,14,15). The molecule has 1 aliphatic heterocycles. The van der Waals surface area contributed by atoms with Crippen LogP contribution in [0.3, 0.4) is 0 Å². The number of nitrogens with one attached hydrogen (secondary N) is 2. The lowest BCUT2D eigenvalue weighted by molar-refractivity contribution is -0.124. The van der Waals surface area contributed by atoms with E-state index in [-0.39, 0.29) is 11.9 Å². The zero-order valence-corrected chi connectivity index (χ0v) is 9.59. The van der Waals surface area contributed by atoms with Crippen LogP contribution in [0.1, 0.15) is 32.6 Å². The van der Waals surface area contributed by atoms with Crippen molar-refractivity contribution in [2.75, 3.05) is 19.6 Å². The average molecular weight is 213 g/mol. The maximum absolute atomic E-state index is 11.7. The van der Waals surface area contributed by atoms with Crippen molar-refractivity contribution in [1.29, 1.82) is 0 Å². The molecule has 4 heteroatoms. The molecule has 2 atom stereocenters. The summed E-state index contributed by atoms with van der Waals surface area (Å²) in [5.41, 5.74) is 5.38. The van der Waals surface area contributed by atoms with E-state index in [2.05, 4.69) is 17.6 Å². The Hall–Kier alpha value is -0.610. The molecule has 1 rings (SSSR count). The largest absolute Gasteiger partial charge is 0.355 e. The molecule has 0 spiro atoms. The number of hydrogen-bond acceptors (Lipinski definition) is 3. The Kier molecular flexibility index (Phi) is 5.65. The smallest absolute Gasteiger partial charge is 0.237 e. The first-order chi connectivity index (χ1) is 7.24. The lowest BCUT2D eigenvalue weighted by Gasteiger charge is -2.27. The molecule has 4 N–H and O–H groups in total. The second-order valence-corrected chi connectivity index (χ2v) is 4.42. The van der Waals surface area contributed by atoms with Gasteiger partial charge in [0.15, 0.2) is 0 Å². The second-order valence-electron chi connectivity index (χ2n) is 4.42. The van der Waals surface area contributed by atoms with Gasteiger partial charge in [0.1, 0.15) is 0 Å². The molecule has 1 heterocycles. The Morgan fingerprint density at radius 3 is 3.00 bits per heavy atom. The molecule has 1 aliphatic rings. The number of piperidine rings is 1. The van der Waals surface area contributed by atoms with Crippen LogP contribution < -0.4 is 16.4 Å². The Bertz CT molecular complexity index is 196. The fourth-order valence-electron chi connectivity index (χ4n) is 1.91. The van der Waals surface area contributed by atoms with Crippen LogP contribution in [0.4, 0.5) is 0 Å². The molecule has 1 saturated heterocycles. The van der Waals surface area contributed by atoms with Crippen molar-refractivity contribution >= 4 is 5.91 Å². The fourth-order valence-corrected chi connectivity index (χ4v) is 1.91. The van der Waals surface area contributed by atoms with E-state index < -0.39 is 0 Å². The molecule has 0 radical (unpaired) electrons. The molecule has 0 saturated carbocycles. The van der Waals surface area contributed by atoms with Gasteiger partial charge >= 0.3 is 0 Å². The number of amides is 1. The van der Waals surface area contributed by atoms with E-state index in [0.29, 0.717) is 12.5 Å². The van der Waals surface area contributed by atoms with E-state index in [0.717, 1.165) is 32.4 Å². The monoisotopic (exact) mass is 213 g/mol. The molecule has 0 aromatic carbocycles. The lowest BCUT2D eigenvalue weighted by atomic mass is 9.94. The van der Waals surface area contributed by atoms with Crippen molar-refractivity contribution in [1.82, 2.24) is 10.6 Å². The highest BCUT2D eigenvalue weighted by atomic mass is 16.2. The van der Waals surface area contributed by atoms with Crippen molar-refractivity contribution < 1.29 is 4.79 Å². The van der Waals surface area contributed by atoms with Gasteiger partial charge in [-0.3, -0.25) is 4.79 Å². The van der Waals surface area contributed by atoms with E-state index in [9.17, 15) is 4.79 Å². The minimum Gasteiger partial charge on any atom is -0.355 e. The van der Waals surface area contributed by atoms with Crippen LogP contribution in [0.15, 0.2) is 0 Å². The normalized spacial score (nSPS) is 26.3. The molecule has 0 bridgehead atoms. The third-order valence-corrected chi connectivity index (χ3v) is 2.91. The highest BCUT2D eigenvalue weighted by molar-refractivity contribution is 5.81. The van der Waals surface area contributed by atoms with Crippen LogP contribution in [0.25, 0.3) is 0 Å². The minimum absolute atomic E-state index is 0.0200. The van der Waals surface area contributed by atoms with Crippen molar-refractivity contribution in [3.8, 4) is 0 Å². The predicted molar refractivity (Wildman–Crippen MR) is 61.5 cm³/mol. The maximum atomic E-state index is 11.7. The predicted octanol–water partition coefficient (Wildman–Crippen LogP) is 0.230. The number of carbonyl (C=O) groups is 1. The average Bonchev–Trinajstić information content (AvgIpc) is 2.24. The molecule has 0 aromatic heterocycles. The molecule has 88 valence electrons. The van der Waals surface area contributed by atoms with Crippen LogP contribution in [-0.2, 0) is 4.79 Å². The van der Waals surface area contributed by atoms with Crippen LogP contribution in [0.2, 0.25) is 0 Å². The van der Waals surface area contributed by atoms with Crippen LogP contribution in [0, 0.1) is 5.92 Å². The summed E-state index contributed by atoms with van der Waals surface area (Å²) < 4.78 is 0. The van der Waals surface area contributed by atoms with E-state index >= 15 is 0 Å². The summed E-state index contributed by atoms with van der Waals surface area (Å²) in [7, 11) is 0. The summed E-state index contributed by atoms with van der Waals surface area (Å²) in [6.45, 7) is 4.62. The van der Waals surface area contributed by atoms with E-state index in [4.69, 9.17) is 5.73 Å². The third-order valence-electron chi connectivity index (χ3n) is 2.91. The van der Waals surface area contributed by atoms with Gasteiger partial charge in [-0.05, 0) is 44.7 Å². The lowest BCUT2D eigenvalue weighted by Crippen LogP contribution is -2.48. The second kappa shape index (κ2) is 6.80. The molecule has 4 nitrogen and oxygen atoms in total. The Balaban J connectivity index is 2.15. The highest BCUT2D eigenvalue weighted by Crippen LogP contribution is 2.14. The number of rotatable bonds is 5. The molecule has 1 fully saturated rings. The van der Waals surface area contributed by atoms with Crippen molar-refractivity contribution in [3.05, 3.63) is 0 Å². The van der Waals surface area contributed by atoms with Crippen molar-refractivity contribution in [3.63, 3.8) is 0 Å². The van der Waals surface area contributed by atoms with Crippen LogP contribution in [0.5, 0.6) is 0 Å². The first-order valence-electron chi connectivity index (χ1n) is 5.95. The first-order valence-corrected chi connectivity index (χ1v) is 5.95. The van der Waals surface area contributed by atoms with Gasteiger partial charge in [0.2, 0.25) is 5.91 Å². The van der Waals surface area contributed by atoms with Crippen molar-refractivity contribution in [2.24, 2.45) is 11.7 Å². The molecule has 0 aromatic rings. The number of hydrogen-bond donors (Lipinski definition) is 3. The van der Waals surface area contributed by atoms with Gasteiger partial charge in [0.05, 0.1) is 6.04 Å². The van der Waals surface area contributed by atoms with Gasteiger partial charge < -0.3 is 16.4 Å². The van der Waals surface area contributed by atoms with Gasteiger partial charge in [-0.1, -0.05) is 6.92 Å². The Morgan fingerprint density at radius 1 is 1.53 bits per heavy atom. The van der Waals surface area contributed by atoms with E-state index in [1.807, 2.05) is 0 Å². The quantitative estimate of drug-likeness (QED) is 0.573. The molecular formula is C11H23N3O. The van der Waals surface area contributed by atoms with E-state index in [1.165, 1.54) is 6.42 Å². The summed E-state index contributed by atoms with van der Waals surface area (Å²) in [5.74, 6) is 0.810. The number of carbonyl (C=O) groups excluding carboxylic acids is 1. The summed E-state index contributed by atoms with van der Waals surface area (Å²) in [5, 5.41) is 6.20. The Morgan fingerprint density at radius 2 is 2.33 bits per heavy atom. The summed E-state index contributed by atoms with van der Waals surface area (Å²) in [6.07, 6.45) is 4.10. The molecule has 1 amide bonds. The summed E-state index contributed by atoms with van der Waals surface area (Å²) in [4.78, 5) is 11.7. The Labute approximate surface area is 92.0 Å². The van der Waals surface area contributed by atoms with Crippen molar-refractivity contribution in [2.45, 2.75) is 38.6 Å². The SMILES string of the molecule is CC1CCNC(C(=O)NCCCCN)C1. The minimum atomic E-state index is 0.0200. The third kappa shape index (κ3) is 4.62. The summed E-state index contributed by atoms with van der Waals surface area (Å²) in [6, 6.07) is 0.0200. The van der Waals surface area contributed by atoms with Gasteiger partial charge in [0, 0.05) is 6.54 Å². The first kappa shape index (κ1) is 12.5. The topological polar surface area (TPSA) is 67.2 Å². The zero-order chi connectivity index (χ0) is 11.1. The molecule has 0 aliphatic carbocycles. The maximum Gasteiger partial charge on any atom is 0.237 e. The molecular weight excluding hydrogens is 190 g/mol. The highest BCUT2D eigenvalue weighted by Gasteiger charge is 2.23. The van der Waals surface area contributed by atoms with E-state index in [1.54, 1.807) is 0 Å². The fraction of sp³-hybridized carbons (Fsp3) is 0.909. The van der Waals surface area contributed by atoms with Gasteiger partial charge in [0.25, 0.3) is 0 Å².